The van der Waals surface area contributed by atoms with Crippen molar-refractivity contribution in [2.75, 3.05) is 26.7 Å². The summed E-state index contributed by atoms with van der Waals surface area (Å²) in [7, 11) is 1.77. The normalized spacial score (nSPS) is 26.1. The fraction of sp³-hybridized carbons (Fsp3) is 0.500. The van der Waals surface area contributed by atoms with Gasteiger partial charge in [-0.25, -0.2) is 0 Å². The van der Waals surface area contributed by atoms with Gasteiger partial charge >= 0.3 is 6.18 Å². The number of phenolic OH excluding ortho intramolecular Hbond substituents is 1. The Kier molecular flexibility index (Phi) is 6.97. The SMILES string of the molecule is CN(C(=O)C#Cc1ccc(C(F)(F)F)cc1)[C@@H]1CC[C@@H]2CN(CC3CC3)CC[C@@]2(c2cccc(O)c2)C1. The Bertz CT molecular complexity index is 1200. The molecule has 37 heavy (non-hydrogen) atoms. The maximum Gasteiger partial charge on any atom is 0.416 e. The summed E-state index contributed by atoms with van der Waals surface area (Å²) in [5.41, 5.74) is 0.665. The van der Waals surface area contributed by atoms with Gasteiger partial charge in [0.1, 0.15) is 5.75 Å². The smallest absolute Gasteiger partial charge is 0.416 e. The van der Waals surface area contributed by atoms with Crippen LogP contribution < -0.4 is 0 Å². The zero-order valence-electron chi connectivity index (χ0n) is 21.1. The summed E-state index contributed by atoms with van der Waals surface area (Å²) < 4.78 is 38.4. The van der Waals surface area contributed by atoms with Gasteiger partial charge in [-0.15, -0.1) is 0 Å². The Labute approximate surface area is 216 Å². The minimum Gasteiger partial charge on any atom is -0.508 e. The molecule has 1 amide bonds. The first-order valence-electron chi connectivity index (χ1n) is 13.1. The van der Waals surface area contributed by atoms with Gasteiger partial charge in [-0.3, -0.25) is 4.79 Å². The van der Waals surface area contributed by atoms with Crippen LogP contribution in [0, 0.1) is 23.7 Å². The summed E-state index contributed by atoms with van der Waals surface area (Å²) in [6.45, 7) is 3.24. The molecule has 1 saturated heterocycles. The molecule has 3 fully saturated rings. The molecular weight excluding hydrogens is 477 g/mol. The van der Waals surface area contributed by atoms with Gasteiger partial charge in [-0.1, -0.05) is 18.1 Å². The summed E-state index contributed by atoms with van der Waals surface area (Å²) in [5, 5.41) is 10.3. The molecule has 2 aromatic carbocycles. The summed E-state index contributed by atoms with van der Waals surface area (Å²) in [6, 6.07) is 12.1. The third-order valence-electron chi connectivity index (χ3n) is 8.61. The van der Waals surface area contributed by atoms with Gasteiger partial charge in [0.25, 0.3) is 5.91 Å². The van der Waals surface area contributed by atoms with Crippen LogP contribution in [0.4, 0.5) is 13.2 Å². The van der Waals surface area contributed by atoms with Crippen LogP contribution in [-0.4, -0.2) is 53.5 Å². The molecule has 0 aromatic heterocycles. The second-order valence-corrected chi connectivity index (χ2v) is 11.0. The van der Waals surface area contributed by atoms with E-state index in [-0.39, 0.29) is 23.1 Å². The van der Waals surface area contributed by atoms with Gasteiger partial charge in [0.15, 0.2) is 0 Å². The number of aromatic hydroxyl groups is 1. The van der Waals surface area contributed by atoms with Crippen LogP contribution in [0.3, 0.4) is 0 Å². The number of piperidine rings is 1. The van der Waals surface area contributed by atoms with Crippen molar-refractivity contribution in [2.45, 2.75) is 56.2 Å². The molecule has 1 N–H and O–H groups in total. The predicted molar refractivity (Wildman–Crippen MR) is 136 cm³/mol. The zero-order valence-corrected chi connectivity index (χ0v) is 21.1. The lowest BCUT2D eigenvalue weighted by molar-refractivity contribution is -0.137. The molecule has 196 valence electrons. The highest BCUT2D eigenvalue weighted by Crippen LogP contribution is 2.50. The number of carbonyl (C=O) groups excluding carboxylic acids is 1. The molecule has 1 aliphatic heterocycles. The van der Waals surface area contributed by atoms with Crippen LogP contribution >= 0.6 is 0 Å². The first-order valence-corrected chi connectivity index (χ1v) is 13.1. The van der Waals surface area contributed by atoms with Gasteiger partial charge in [0, 0.05) is 43.1 Å². The average Bonchev–Trinajstić information content (AvgIpc) is 3.70. The van der Waals surface area contributed by atoms with Crippen molar-refractivity contribution in [2.24, 2.45) is 11.8 Å². The van der Waals surface area contributed by atoms with Crippen molar-refractivity contribution in [1.82, 2.24) is 9.80 Å². The first-order chi connectivity index (χ1) is 17.6. The molecule has 0 unspecified atom stereocenters. The van der Waals surface area contributed by atoms with E-state index in [9.17, 15) is 23.1 Å². The van der Waals surface area contributed by atoms with E-state index < -0.39 is 11.7 Å². The van der Waals surface area contributed by atoms with E-state index in [2.05, 4.69) is 22.8 Å². The third-order valence-corrected chi connectivity index (χ3v) is 8.61. The molecule has 2 aliphatic carbocycles. The number of amides is 1. The maximum absolute atomic E-state index is 13.0. The van der Waals surface area contributed by atoms with E-state index in [4.69, 9.17) is 0 Å². The molecule has 0 bridgehead atoms. The van der Waals surface area contributed by atoms with Crippen molar-refractivity contribution in [3.63, 3.8) is 0 Å². The number of hydrogen-bond donors (Lipinski definition) is 1. The molecule has 2 saturated carbocycles. The number of hydrogen-bond acceptors (Lipinski definition) is 3. The fourth-order valence-corrected chi connectivity index (χ4v) is 6.29. The minimum absolute atomic E-state index is 0.00277. The number of fused-ring (bicyclic) bond motifs is 1. The molecule has 5 rings (SSSR count). The van der Waals surface area contributed by atoms with E-state index >= 15 is 0 Å². The van der Waals surface area contributed by atoms with Crippen LogP contribution in [0.25, 0.3) is 0 Å². The number of rotatable bonds is 4. The van der Waals surface area contributed by atoms with Crippen molar-refractivity contribution in [3.8, 4) is 17.6 Å². The molecule has 3 atom stereocenters. The standard InChI is InChI=1S/C30H33F3N2O2/c1-34(28(37)14-9-21-7-10-23(11-8-21)30(31,32)33)26-13-12-25-20-35(19-22-5-6-22)16-15-29(25,18-26)24-3-2-4-27(36)17-24/h2-4,7-8,10-11,17,22,25-26,36H,5-6,12-13,15-16,18-20H2,1H3/t25-,26-,29+/m1/s1. The molecule has 0 spiro atoms. The van der Waals surface area contributed by atoms with Gasteiger partial charge < -0.3 is 14.9 Å². The number of likely N-dealkylation sites (tertiary alicyclic amines) is 1. The monoisotopic (exact) mass is 510 g/mol. The Morgan fingerprint density at radius 1 is 1.14 bits per heavy atom. The summed E-state index contributed by atoms with van der Waals surface area (Å²) in [6.07, 6.45) is 1.94. The Hall–Kier alpha value is -2.98. The molecule has 3 aliphatic rings. The second kappa shape index (κ2) is 10.1. The lowest BCUT2D eigenvalue weighted by Gasteiger charge is -2.54. The Balaban J connectivity index is 1.32. The number of benzene rings is 2. The zero-order chi connectivity index (χ0) is 26.2. The molecule has 0 radical (unpaired) electrons. The van der Waals surface area contributed by atoms with Gasteiger partial charge in [-0.2, -0.15) is 13.2 Å². The van der Waals surface area contributed by atoms with E-state index in [1.165, 1.54) is 31.5 Å². The van der Waals surface area contributed by atoms with E-state index in [1.54, 1.807) is 18.0 Å². The second-order valence-electron chi connectivity index (χ2n) is 11.0. The van der Waals surface area contributed by atoms with Crippen LogP contribution in [0.2, 0.25) is 0 Å². The largest absolute Gasteiger partial charge is 0.508 e. The van der Waals surface area contributed by atoms with Crippen LogP contribution in [0.5, 0.6) is 5.75 Å². The summed E-state index contributed by atoms with van der Waals surface area (Å²) >= 11 is 0. The quantitative estimate of drug-likeness (QED) is 0.557. The van der Waals surface area contributed by atoms with E-state index in [0.29, 0.717) is 11.5 Å². The number of phenols is 1. The Morgan fingerprint density at radius 3 is 2.57 bits per heavy atom. The summed E-state index contributed by atoms with van der Waals surface area (Å²) in [5.74, 6) is 6.59. The van der Waals surface area contributed by atoms with E-state index in [0.717, 1.165) is 62.4 Å². The van der Waals surface area contributed by atoms with E-state index in [1.807, 2.05) is 12.1 Å². The van der Waals surface area contributed by atoms with Gasteiger partial charge in [-0.05, 0) is 98.9 Å². The molecule has 1 heterocycles. The topological polar surface area (TPSA) is 43.8 Å². The third kappa shape index (κ3) is 5.65. The van der Waals surface area contributed by atoms with Gasteiger partial charge in [0.05, 0.1) is 5.56 Å². The highest BCUT2D eigenvalue weighted by atomic mass is 19.4. The number of nitrogens with zero attached hydrogens (tertiary/aromatic N) is 2. The predicted octanol–water partition coefficient (Wildman–Crippen LogP) is 5.44. The minimum atomic E-state index is -4.40. The number of alkyl halides is 3. The first kappa shape index (κ1) is 25.7. The molecule has 2 aromatic rings. The van der Waals surface area contributed by atoms with Crippen molar-refractivity contribution >= 4 is 5.91 Å². The van der Waals surface area contributed by atoms with Gasteiger partial charge in [0.2, 0.25) is 0 Å². The maximum atomic E-state index is 13.0. The highest BCUT2D eigenvalue weighted by molar-refractivity contribution is 5.94. The van der Waals surface area contributed by atoms with Crippen LogP contribution in [0.1, 0.15) is 55.2 Å². The van der Waals surface area contributed by atoms with Crippen molar-refractivity contribution < 1.29 is 23.1 Å². The van der Waals surface area contributed by atoms with Crippen LogP contribution in [0.15, 0.2) is 48.5 Å². The van der Waals surface area contributed by atoms with Crippen molar-refractivity contribution in [1.29, 1.82) is 0 Å². The molecular formula is C30H33F3N2O2. The van der Waals surface area contributed by atoms with Crippen molar-refractivity contribution in [3.05, 3.63) is 65.2 Å². The fourth-order valence-electron chi connectivity index (χ4n) is 6.29. The number of halogens is 3. The average molecular weight is 511 g/mol. The lowest BCUT2D eigenvalue weighted by atomic mass is 9.57. The Morgan fingerprint density at radius 2 is 1.89 bits per heavy atom. The summed E-state index contributed by atoms with van der Waals surface area (Å²) in [4.78, 5) is 17.3. The van der Waals surface area contributed by atoms with Crippen LogP contribution in [-0.2, 0) is 16.4 Å². The molecule has 7 heteroatoms. The molecule has 4 nitrogen and oxygen atoms in total. The lowest BCUT2D eigenvalue weighted by Crippen LogP contribution is -2.56. The highest BCUT2D eigenvalue weighted by Gasteiger charge is 2.49. The number of carbonyl (C=O) groups is 1.